The summed E-state index contributed by atoms with van der Waals surface area (Å²) in [5, 5.41) is 11.8. The summed E-state index contributed by atoms with van der Waals surface area (Å²) in [5.74, 6) is 0.967. The Kier molecular flexibility index (Phi) is 5.10. The van der Waals surface area contributed by atoms with Crippen molar-refractivity contribution in [2.75, 3.05) is 45.7 Å². The number of anilines is 1. The Morgan fingerprint density at radius 3 is 2.71 bits per heavy atom. The van der Waals surface area contributed by atoms with Crippen LogP contribution in [0.1, 0.15) is 33.8 Å². The van der Waals surface area contributed by atoms with Gasteiger partial charge in [0.15, 0.2) is 0 Å². The number of amides is 2. The minimum absolute atomic E-state index is 0.0537. The van der Waals surface area contributed by atoms with Crippen molar-refractivity contribution in [2.45, 2.75) is 17.8 Å². The summed E-state index contributed by atoms with van der Waals surface area (Å²) in [7, 11) is 3.73. The Balaban J connectivity index is 1.17. The molecule has 1 saturated heterocycles. The van der Waals surface area contributed by atoms with Crippen molar-refractivity contribution < 1.29 is 14.3 Å². The standard InChI is InChI=1S/C30H29N5O3/c1-34-10-12-35(13-11-34)28(36)20-5-3-4-19(14-20)27-22-8-6-18(15-26(22)32-33-27)24-17-30(24)23-16-21(38-2)7-9-25(23)31-29(30)37/h3-9,14-16,24H,10-13,17H2,1-2H3,(H,31,37)(H,32,33)/t24?,30-/m0/s1. The third-order valence-corrected chi connectivity index (χ3v) is 8.48. The van der Waals surface area contributed by atoms with Crippen molar-refractivity contribution in [1.29, 1.82) is 0 Å². The number of carbonyl (C=O) groups excluding carboxylic acids is 2. The van der Waals surface area contributed by atoms with Crippen molar-refractivity contribution in [3.8, 4) is 17.0 Å². The Labute approximate surface area is 220 Å². The second-order valence-electron chi connectivity index (χ2n) is 10.6. The van der Waals surface area contributed by atoms with Crippen LogP contribution >= 0.6 is 0 Å². The Morgan fingerprint density at radius 1 is 1.05 bits per heavy atom. The smallest absolute Gasteiger partial charge is 0.253 e. The molecular weight excluding hydrogens is 478 g/mol. The highest BCUT2D eigenvalue weighted by Gasteiger charge is 2.65. The van der Waals surface area contributed by atoms with Gasteiger partial charge in [-0.3, -0.25) is 14.7 Å². The number of nitrogens with one attached hydrogen (secondary N) is 2. The number of likely N-dealkylation sites (N-methyl/N-ethyl adjacent to an activating group) is 1. The van der Waals surface area contributed by atoms with E-state index in [0.29, 0.717) is 5.56 Å². The molecule has 3 aromatic carbocycles. The van der Waals surface area contributed by atoms with Crippen LogP contribution in [0.2, 0.25) is 0 Å². The van der Waals surface area contributed by atoms with Crippen molar-refractivity contribution >= 4 is 28.4 Å². The van der Waals surface area contributed by atoms with E-state index in [4.69, 9.17) is 4.74 Å². The lowest BCUT2D eigenvalue weighted by molar-refractivity contribution is -0.118. The van der Waals surface area contributed by atoms with Crippen LogP contribution in [0, 0.1) is 0 Å². The quantitative estimate of drug-likeness (QED) is 0.436. The number of methoxy groups -OCH3 is 1. The van der Waals surface area contributed by atoms with E-state index in [1.807, 2.05) is 47.4 Å². The van der Waals surface area contributed by atoms with Crippen LogP contribution in [0.4, 0.5) is 5.69 Å². The van der Waals surface area contributed by atoms with Crippen LogP contribution < -0.4 is 10.1 Å². The van der Waals surface area contributed by atoms with E-state index in [9.17, 15) is 9.59 Å². The third-order valence-electron chi connectivity index (χ3n) is 8.48. The van der Waals surface area contributed by atoms with E-state index in [1.165, 1.54) is 0 Å². The fraction of sp³-hybridized carbons (Fsp3) is 0.300. The molecule has 3 aliphatic rings. The van der Waals surface area contributed by atoms with Crippen LogP contribution in [-0.4, -0.2) is 72.1 Å². The van der Waals surface area contributed by atoms with Gasteiger partial charge in [-0.2, -0.15) is 5.10 Å². The predicted molar refractivity (Wildman–Crippen MR) is 146 cm³/mol. The van der Waals surface area contributed by atoms with E-state index >= 15 is 0 Å². The number of aromatic nitrogens is 2. The van der Waals surface area contributed by atoms with Gasteiger partial charge in [0.1, 0.15) is 5.75 Å². The maximum absolute atomic E-state index is 13.1. The van der Waals surface area contributed by atoms with Crippen LogP contribution in [0.3, 0.4) is 0 Å². The molecule has 2 N–H and O–H groups in total. The van der Waals surface area contributed by atoms with Crippen LogP contribution in [-0.2, 0) is 10.2 Å². The van der Waals surface area contributed by atoms with Crippen LogP contribution in [0.15, 0.2) is 60.7 Å². The normalized spacial score (nSPS) is 22.5. The highest BCUT2D eigenvalue weighted by molar-refractivity contribution is 6.10. The van der Waals surface area contributed by atoms with E-state index in [1.54, 1.807) is 7.11 Å². The zero-order valence-electron chi connectivity index (χ0n) is 21.5. The zero-order valence-corrected chi connectivity index (χ0v) is 21.5. The number of hydrogen-bond donors (Lipinski definition) is 2. The number of carbonyl (C=O) groups is 2. The largest absolute Gasteiger partial charge is 0.497 e. The highest BCUT2D eigenvalue weighted by Crippen LogP contribution is 2.65. The van der Waals surface area contributed by atoms with Gasteiger partial charge in [0.25, 0.3) is 5.91 Å². The molecular formula is C30H29N5O3. The van der Waals surface area contributed by atoms with Crippen molar-refractivity contribution in [2.24, 2.45) is 0 Å². The highest BCUT2D eigenvalue weighted by atomic mass is 16.5. The first-order chi connectivity index (χ1) is 18.5. The minimum Gasteiger partial charge on any atom is -0.497 e. The number of hydrogen-bond acceptors (Lipinski definition) is 5. The lowest BCUT2D eigenvalue weighted by Gasteiger charge is -2.32. The van der Waals surface area contributed by atoms with Crippen molar-refractivity contribution in [3.63, 3.8) is 0 Å². The Morgan fingerprint density at radius 2 is 1.89 bits per heavy atom. The van der Waals surface area contributed by atoms with Crippen LogP contribution in [0.5, 0.6) is 5.75 Å². The minimum atomic E-state index is -0.543. The fourth-order valence-electron chi connectivity index (χ4n) is 6.16. The van der Waals surface area contributed by atoms with Gasteiger partial charge in [-0.25, -0.2) is 0 Å². The molecule has 7 rings (SSSR count). The van der Waals surface area contributed by atoms with Gasteiger partial charge >= 0.3 is 0 Å². The first-order valence-electron chi connectivity index (χ1n) is 13.0. The predicted octanol–water partition coefficient (Wildman–Crippen LogP) is 4.00. The summed E-state index contributed by atoms with van der Waals surface area (Å²) in [6.07, 6.45) is 0.766. The average molecular weight is 508 g/mol. The van der Waals surface area contributed by atoms with Crippen molar-refractivity contribution in [1.82, 2.24) is 20.0 Å². The second-order valence-corrected chi connectivity index (χ2v) is 10.6. The Bertz CT molecular complexity index is 1600. The molecule has 0 bridgehead atoms. The Hall–Kier alpha value is -4.17. The van der Waals surface area contributed by atoms with Gasteiger partial charge in [-0.1, -0.05) is 24.3 Å². The van der Waals surface area contributed by atoms with Gasteiger partial charge in [0.05, 0.1) is 23.7 Å². The number of nitrogens with zero attached hydrogens (tertiary/aromatic N) is 3. The molecule has 38 heavy (non-hydrogen) atoms. The van der Waals surface area contributed by atoms with Gasteiger partial charge in [-0.05, 0) is 61.0 Å². The molecule has 1 saturated carbocycles. The topological polar surface area (TPSA) is 90.6 Å². The van der Waals surface area contributed by atoms with E-state index < -0.39 is 5.41 Å². The van der Waals surface area contributed by atoms with E-state index in [2.05, 4.69) is 45.7 Å². The molecule has 3 heterocycles. The summed E-state index contributed by atoms with van der Waals surface area (Å²) < 4.78 is 5.42. The second kappa shape index (κ2) is 8.43. The lowest BCUT2D eigenvalue weighted by atomic mass is 9.91. The summed E-state index contributed by atoms with van der Waals surface area (Å²) in [6.45, 7) is 3.26. The summed E-state index contributed by atoms with van der Waals surface area (Å²) in [4.78, 5) is 30.4. The van der Waals surface area contributed by atoms with E-state index in [-0.39, 0.29) is 17.7 Å². The van der Waals surface area contributed by atoms with E-state index in [0.717, 1.165) is 77.3 Å². The summed E-state index contributed by atoms with van der Waals surface area (Å²) >= 11 is 0. The van der Waals surface area contributed by atoms with Crippen molar-refractivity contribution in [3.05, 3.63) is 77.4 Å². The molecule has 0 radical (unpaired) electrons. The fourth-order valence-corrected chi connectivity index (χ4v) is 6.16. The number of piperazine rings is 1. The molecule has 2 aliphatic heterocycles. The molecule has 1 aromatic heterocycles. The number of H-pyrrole nitrogens is 1. The summed E-state index contributed by atoms with van der Waals surface area (Å²) in [5.41, 5.74) is 5.77. The van der Waals surface area contributed by atoms with Gasteiger partial charge < -0.3 is 19.9 Å². The molecule has 1 aliphatic carbocycles. The molecule has 2 amide bonds. The third kappa shape index (κ3) is 3.44. The number of fused-ring (bicyclic) bond motifs is 3. The first-order valence-corrected chi connectivity index (χ1v) is 13.0. The molecule has 2 atom stereocenters. The maximum Gasteiger partial charge on any atom is 0.253 e. The molecule has 2 fully saturated rings. The number of rotatable bonds is 4. The molecule has 1 spiro atoms. The van der Waals surface area contributed by atoms with Gasteiger partial charge in [-0.15, -0.1) is 0 Å². The maximum atomic E-state index is 13.1. The van der Waals surface area contributed by atoms with Crippen LogP contribution in [0.25, 0.3) is 22.2 Å². The molecule has 192 valence electrons. The first kappa shape index (κ1) is 23.0. The number of aromatic amines is 1. The average Bonchev–Trinajstić information content (AvgIpc) is 3.47. The molecule has 8 heteroatoms. The van der Waals surface area contributed by atoms with Gasteiger partial charge in [0.2, 0.25) is 5.91 Å². The molecule has 4 aromatic rings. The van der Waals surface area contributed by atoms with Gasteiger partial charge in [0, 0.05) is 54.3 Å². The lowest BCUT2D eigenvalue weighted by Crippen LogP contribution is -2.47. The molecule has 1 unspecified atom stereocenters. The zero-order chi connectivity index (χ0) is 26.0. The monoisotopic (exact) mass is 507 g/mol. The number of benzene rings is 3. The summed E-state index contributed by atoms with van der Waals surface area (Å²) in [6, 6.07) is 19.8. The SMILES string of the molecule is COc1ccc2c(c1)[C@]1(CC1c1ccc3c(-c4cccc(C(=O)N5CCN(C)CC5)c4)n[nH]c3c1)C(=O)N2. The molecule has 8 nitrogen and oxygen atoms in total. The number of ether oxygens (including phenoxy) is 1.